The molecule has 0 saturated carbocycles. The lowest BCUT2D eigenvalue weighted by Crippen LogP contribution is -2.41. The number of anilines is 1. The molecule has 1 fully saturated rings. The third-order valence-corrected chi connectivity index (χ3v) is 4.75. The number of aromatic nitrogens is 1. The third kappa shape index (κ3) is 3.69. The number of amides is 1. The highest BCUT2D eigenvalue weighted by molar-refractivity contribution is 6.33. The van der Waals surface area contributed by atoms with Gasteiger partial charge in [-0.3, -0.25) is 4.79 Å². The highest BCUT2D eigenvalue weighted by Crippen LogP contribution is 2.34. The molecular weight excluding hydrogens is 345 g/mol. The maximum absolute atomic E-state index is 13.7. The lowest BCUT2D eigenvalue weighted by Gasteiger charge is -2.32. The number of ether oxygens (including phenoxy) is 1. The van der Waals surface area contributed by atoms with Crippen LogP contribution in [0.4, 0.5) is 10.2 Å². The number of carbonyl (C=O) groups is 1. The van der Waals surface area contributed by atoms with Gasteiger partial charge in [-0.15, -0.1) is 0 Å². The van der Waals surface area contributed by atoms with Crippen molar-refractivity contribution in [3.05, 3.63) is 41.3 Å². The summed E-state index contributed by atoms with van der Waals surface area (Å²) in [7, 11) is 1.42. The van der Waals surface area contributed by atoms with E-state index < -0.39 is 5.82 Å². The second-order valence-corrected chi connectivity index (χ2v) is 6.47. The van der Waals surface area contributed by atoms with E-state index >= 15 is 0 Å². The van der Waals surface area contributed by atoms with Crippen LogP contribution in [0.5, 0.6) is 5.75 Å². The molecule has 0 bridgehead atoms. The molecule has 3 rings (SSSR count). The van der Waals surface area contributed by atoms with Crippen LogP contribution in [0.2, 0.25) is 5.02 Å². The highest BCUT2D eigenvalue weighted by atomic mass is 35.5. The second kappa shape index (κ2) is 7.27. The molecule has 2 heterocycles. The quantitative estimate of drug-likeness (QED) is 0.905. The van der Waals surface area contributed by atoms with E-state index in [2.05, 4.69) is 4.98 Å². The molecule has 1 unspecified atom stereocenters. The summed E-state index contributed by atoms with van der Waals surface area (Å²) in [5, 5.41) is 0.459. The number of hydrogen-bond donors (Lipinski definition) is 1. The van der Waals surface area contributed by atoms with Gasteiger partial charge in [-0.1, -0.05) is 17.7 Å². The average molecular weight is 364 g/mol. The summed E-state index contributed by atoms with van der Waals surface area (Å²) in [6, 6.07) is 6.43. The van der Waals surface area contributed by atoms with Crippen molar-refractivity contribution in [2.24, 2.45) is 11.7 Å². The summed E-state index contributed by atoms with van der Waals surface area (Å²) in [5.74, 6) is -0.0351. The molecule has 1 atom stereocenters. The van der Waals surface area contributed by atoms with Crippen molar-refractivity contribution in [3.63, 3.8) is 0 Å². The summed E-state index contributed by atoms with van der Waals surface area (Å²) in [6.07, 6.45) is 3.23. The van der Waals surface area contributed by atoms with Crippen LogP contribution in [-0.2, 0) is 4.79 Å². The Morgan fingerprint density at radius 3 is 2.96 bits per heavy atom. The first-order chi connectivity index (χ1) is 12.0. The van der Waals surface area contributed by atoms with Crippen molar-refractivity contribution in [3.8, 4) is 16.9 Å². The normalized spacial score (nSPS) is 17.4. The van der Waals surface area contributed by atoms with E-state index in [4.69, 9.17) is 22.1 Å². The minimum absolute atomic E-state index is 0.152. The molecule has 2 N–H and O–H groups in total. The number of carbonyl (C=O) groups excluding carboxylic acids is 1. The predicted octanol–water partition coefficient (Wildman–Crippen LogP) is 3.25. The standard InChI is InChI=1S/C18H19ClFN3O2/c1-25-16-7-11(4-5-15(16)20)13-8-17(22-9-14(13)19)23-6-2-3-12(10-23)18(21)24/h4-5,7-9,12H,2-3,6,10H2,1H3,(H2,21,24). The summed E-state index contributed by atoms with van der Waals surface area (Å²) in [5.41, 5.74) is 6.90. The molecule has 1 saturated heterocycles. The van der Waals surface area contributed by atoms with E-state index in [-0.39, 0.29) is 17.6 Å². The first-order valence-electron chi connectivity index (χ1n) is 8.03. The number of primary amides is 1. The van der Waals surface area contributed by atoms with Crippen LogP contribution in [0.1, 0.15) is 12.8 Å². The molecular formula is C18H19ClFN3O2. The SMILES string of the molecule is COc1cc(-c2cc(N3CCCC(C(N)=O)C3)ncc2Cl)ccc1F. The van der Waals surface area contributed by atoms with Crippen LogP contribution in [0.15, 0.2) is 30.5 Å². The predicted molar refractivity (Wildman–Crippen MR) is 95.3 cm³/mol. The van der Waals surface area contributed by atoms with Gasteiger partial charge in [-0.2, -0.15) is 0 Å². The van der Waals surface area contributed by atoms with Gasteiger partial charge in [0.05, 0.1) is 18.1 Å². The summed E-state index contributed by atoms with van der Waals surface area (Å²) < 4.78 is 18.7. The molecule has 0 radical (unpaired) electrons. The largest absolute Gasteiger partial charge is 0.494 e. The molecule has 1 aliphatic rings. The molecule has 1 aromatic carbocycles. The minimum Gasteiger partial charge on any atom is -0.494 e. The maximum atomic E-state index is 13.7. The fraction of sp³-hybridized carbons (Fsp3) is 0.333. The Hall–Kier alpha value is -2.34. The Labute approximate surface area is 150 Å². The number of pyridine rings is 1. The van der Waals surface area contributed by atoms with Crippen LogP contribution >= 0.6 is 11.6 Å². The third-order valence-electron chi connectivity index (χ3n) is 4.45. The van der Waals surface area contributed by atoms with Gasteiger partial charge in [0.1, 0.15) is 5.82 Å². The van der Waals surface area contributed by atoms with Crippen molar-refractivity contribution in [1.29, 1.82) is 0 Å². The molecule has 2 aromatic rings. The maximum Gasteiger partial charge on any atom is 0.222 e. The number of halogens is 2. The van der Waals surface area contributed by atoms with Crippen molar-refractivity contribution in [2.45, 2.75) is 12.8 Å². The van der Waals surface area contributed by atoms with Crippen molar-refractivity contribution in [1.82, 2.24) is 4.98 Å². The summed E-state index contributed by atoms with van der Waals surface area (Å²) >= 11 is 6.29. The topological polar surface area (TPSA) is 68.5 Å². The van der Waals surface area contributed by atoms with Gasteiger partial charge in [0.25, 0.3) is 0 Å². The Bertz CT molecular complexity index is 800. The minimum atomic E-state index is -0.433. The number of methoxy groups -OCH3 is 1. The van der Waals surface area contributed by atoms with E-state index in [9.17, 15) is 9.18 Å². The number of hydrogen-bond acceptors (Lipinski definition) is 4. The van der Waals surface area contributed by atoms with Crippen LogP contribution in [0.3, 0.4) is 0 Å². The zero-order valence-corrected chi connectivity index (χ0v) is 14.6. The second-order valence-electron chi connectivity index (χ2n) is 6.06. The van der Waals surface area contributed by atoms with E-state index in [1.165, 1.54) is 13.2 Å². The van der Waals surface area contributed by atoms with Crippen LogP contribution in [0.25, 0.3) is 11.1 Å². The zero-order valence-electron chi connectivity index (χ0n) is 13.8. The molecule has 5 nitrogen and oxygen atoms in total. The van der Waals surface area contributed by atoms with Crippen molar-refractivity contribution in [2.75, 3.05) is 25.1 Å². The van der Waals surface area contributed by atoms with E-state index in [1.807, 2.05) is 11.0 Å². The number of piperidine rings is 1. The fourth-order valence-corrected chi connectivity index (χ4v) is 3.28. The molecule has 0 aliphatic carbocycles. The molecule has 7 heteroatoms. The van der Waals surface area contributed by atoms with Crippen molar-refractivity contribution < 1.29 is 13.9 Å². The van der Waals surface area contributed by atoms with Crippen LogP contribution in [-0.4, -0.2) is 31.1 Å². The van der Waals surface area contributed by atoms with Gasteiger partial charge in [-0.05, 0) is 36.6 Å². The lowest BCUT2D eigenvalue weighted by molar-refractivity contribution is -0.122. The van der Waals surface area contributed by atoms with Crippen LogP contribution < -0.4 is 15.4 Å². The van der Waals surface area contributed by atoms with Crippen LogP contribution in [0, 0.1) is 11.7 Å². The van der Waals surface area contributed by atoms with Gasteiger partial charge < -0.3 is 15.4 Å². The zero-order chi connectivity index (χ0) is 18.0. The number of nitrogens with two attached hydrogens (primary N) is 1. The summed E-state index contributed by atoms with van der Waals surface area (Å²) in [6.45, 7) is 1.33. The Morgan fingerprint density at radius 2 is 2.24 bits per heavy atom. The first kappa shape index (κ1) is 17.5. The monoisotopic (exact) mass is 363 g/mol. The molecule has 25 heavy (non-hydrogen) atoms. The summed E-state index contributed by atoms with van der Waals surface area (Å²) in [4.78, 5) is 17.9. The van der Waals surface area contributed by atoms with E-state index in [0.717, 1.165) is 30.5 Å². The smallest absolute Gasteiger partial charge is 0.222 e. The van der Waals surface area contributed by atoms with Gasteiger partial charge in [0, 0.05) is 24.8 Å². The number of rotatable bonds is 4. The Balaban J connectivity index is 1.94. The van der Waals surface area contributed by atoms with Gasteiger partial charge >= 0.3 is 0 Å². The van der Waals surface area contributed by atoms with Gasteiger partial charge in [0.2, 0.25) is 5.91 Å². The average Bonchev–Trinajstić information content (AvgIpc) is 2.63. The molecule has 0 spiro atoms. The first-order valence-corrected chi connectivity index (χ1v) is 8.41. The highest BCUT2D eigenvalue weighted by Gasteiger charge is 2.25. The molecule has 132 valence electrons. The Kier molecular flexibility index (Phi) is 5.08. The lowest BCUT2D eigenvalue weighted by atomic mass is 9.97. The number of benzene rings is 1. The van der Waals surface area contributed by atoms with Gasteiger partial charge in [-0.25, -0.2) is 9.37 Å². The molecule has 1 amide bonds. The number of nitrogens with zero attached hydrogens (tertiary/aromatic N) is 2. The molecule has 1 aliphatic heterocycles. The molecule has 1 aromatic heterocycles. The van der Waals surface area contributed by atoms with E-state index in [0.29, 0.717) is 17.4 Å². The van der Waals surface area contributed by atoms with E-state index in [1.54, 1.807) is 18.3 Å². The van der Waals surface area contributed by atoms with Crippen molar-refractivity contribution >= 4 is 23.3 Å². The Morgan fingerprint density at radius 1 is 1.44 bits per heavy atom. The van der Waals surface area contributed by atoms with Gasteiger partial charge in [0.15, 0.2) is 11.6 Å². The fourth-order valence-electron chi connectivity index (χ4n) is 3.07.